The molecule has 0 bridgehead atoms. The van der Waals surface area contributed by atoms with Crippen LogP contribution < -0.4 is 16.4 Å². The smallest absolute Gasteiger partial charge is 0.248 e. The minimum Gasteiger partial charge on any atom is -0.391 e. The van der Waals surface area contributed by atoms with Crippen LogP contribution in [0.1, 0.15) is 55.7 Å². The zero-order chi connectivity index (χ0) is 44.5. The first-order valence-corrected chi connectivity index (χ1v) is 21.5. The van der Waals surface area contributed by atoms with Crippen LogP contribution in [0.15, 0.2) is 91.1 Å². The van der Waals surface area contributed by atoms with Crippen LogP contribution in [0.2, 0.25) is 0 Å². The van der Waals surface area contributed by atoms with E-state index in [0.717, 1.165) is 27.6 Å². The molecule has 3 aromatic carbocycles. The SMILES string of the molecule is C[C@@H](O)[C@@H]1NC(=O)[C@H](CCCCN)N(C)C(=O)[C@@H](Cc2c[nH]c3ccccc23)N(C)C(=O)[C@H](Cc2ccccc2)NC(=O)[C@@H]2CCCN2C(=O)[C@@H](Cc2ccccc2)N(C)C1=O. The molecule has 0 unspecified atom stereocenters. The summed E-state index contributed by atoms with van der Waals surface area (Å²) in [5, 5.41) is 17.7. The van der Waals surface area contributed by atoms with E-state index >= 15 is 4.79 Å². The van der Waals surface area contributed by atoms with Crippen LogP contribution in [0.4, 0.5) is 0 Å². The highest BCUT2D eigenvalue weighted by Crippen LogP contribution is 2.26. The lowest BCUT2D eigenvalue weighted by Gasteiger charge is -2.38. The van der Waals surface area contributed by atoms with Crippen LogP contribution in [0.25, 0.3) is 10.9 Å². The first kappa shape index (κ1) is 45.5. The molecule has 62 heavy (non-hydrogen) atoms. The molecule has 0 saturated carbocycles. The van der Waals surface area contributed by atoms with Crippen LogP contribution >= 0.6 is 0 Å². The maximum Gasteiger partial charge on any atom is 0.248 e. The number of amides is 6. The molecule has 0 radical (unpaired) electrons. The molecule has 7 atom stereocenters. The highest BCUT2D eigenvalue weighted by Gasteiger charge is 2.44. The number of hydrogen-bond donors (Lipinski definition) is 5. The molecule has 3 heterocycles. The van der Waals surface area contributed by atoms with Gasteiger partial charge in [-0.2, -0.15) is 0 Å². The number of carbonyl (C=O) groups is 6. The van der Waals surface area contributed by atoms with Crippen LogP contribution in [0.3, 0.4) is 0 Å². The predicted octanol–water partition coefficient (Wildman–Crippen LogP) is 2.16. The number of carbonyl (C=O) groups excluding carboxylic acids is 6. The summed E-state index contributed by atoms with van der Waals surface area (Å²) in [6.07, 6.45) is 2.63. The number of hydrogen-bond acceptors (Lipinski definition) is 8. The van der Waals surface area contributed by atoms with E-state index < -0.39 is 77.8 Å². The molecular formula is C47H60N8O7. The third kappa shape index (κ3) is 10.3. The van der Waals surface area contributed by atoms with Gasteiger partial charge in [-0.25, -0.2) is 0 Å². The second-order valence-corrected chi connectivity index (χ2v) is 16.6. The normalized spacial score (nSPS) is 24.2. The molecule has 0 spiro atoms. The zero-order valence-corrected chi connectivity index (χ0v) is 36.0. The number of rotatable bonds is 11. The fourth-order valence-electron chi connectivity index (χ4n) is 8.72. The fraction of sp³-hybridized carbons (Fsp3) is 0.447. The number of aliphatic hydroxyl groups excluding tert-OH is 1. The molecule has 2 aliphatic rings. The van der Waals surface area contributed by atoms with Gasteiger partial charge in [0, 0.05) is 64.1 Å². The minimum atomic E-state index is -1.50. The number of nitrogens with two attached hydrogens (primary N) is 1. The van der Waals surface area contributed by atoms with Gasteiger partial charge in [0.1, 0.15) is 36.3 Å². The molecule has 4 aromatic rings. The van der Waals surface area contributed by atoms with Crippen LogP contribution in [0.5, 0.6) is 0 Å². The molecule has 6 N–H and O–H groups in total. The van der Waals surface area contributed by atoms with Crippen molar-refractivity contribution in [2.45, 2.75) is 101 Å². The van der Waals surface area contributed by atoms with Gasteiger partial charge in [-0.1, -0.05) is 78.9 Å². The Morgan fingerprint density at radius 1 is 0.677 bits per heavy atom. The van der Waals surface area contributed by atoms with Crippen molar-refractivity contribution in [1.82, 2.24) is 35.2 Å². The number of nitrogens with one attached hydrogen (secondary N) is 3. The molecule has 2 saturated heterocycles. The Labute approximate surface area is 363 Å². The Hall–Kier alpha value is -6.06. The molecule has 15 heteroatoms. The summed E-state index contributed by atoms with van der Waals surface area (Å²) in [6, 6.07) is 18.9. The van der Waals surface area contributed by atoms with E-state index in [-0.39, 0.29) is 32.2 Å². The van der Waals surface area contributed by atoms with Gasteiger partial charge >= 0.3 is 0 Å². The molecule has 6 rings (SSSR count). The van der Waals surface area contributed by atoms with E-state index in [9.17, 15) is 29.1 Å². The van der Waals surface area contributed by atoms with E-state index in [1.807, 2.05) is 84.9 Å². The van der Waals surface area contributed by atoms with Crippen LogP contribution in [0, 0.1) is 0 Å². The summed E-state index contributed by atoms with van der Waals surface area (Å²) in [6.45, 7) is 1.95. The van der Waals surface area contributed by atoms with Gasteiger partial charge in [0.15, 0.2) is 0 Å². The number of aliphatic hydroxyl groups is 1. The molecular weight excluding hydrogens is 789 g/mol. The average Bonchev–Trinajstić information content (AvgIpc) is 3.94. The minimum absolute atomic E-state index is 0.0614. The Balaban J connectivity index is 1.47. The van der Waals surface area contributed by atoms with Gasteiger partial charge in [-0.05, 0) is 68.3 Å². The summed E-state index contributed by atoms with van der Waals surface area (Å²) in [4.78, 5) is 97.0. The average molecular weight is 849 g/mol. The molecule has 0 aliphatic carbocycles. The Morgan fingerprint density at radius 2 is 1.27 bits per heavy atom. The zero-order valence-electron chi connectivity index (χ0n) is 36.0. The van der Waals surface area contributed by atoms with E-state index in [0.29, 0.717) is 32.2 Å². The maximum absolute atomic E-state index is 15.1. The van der Waals surface area contributed by atoms with Crippen molar-refractivity contribution in [2.24, 2.45) is 5.73 Å². The molecule has 1 aromatic heterocycles. The molecule has 15 nitrogen and oxygen atoms in total. The third-order valence-electron chi connectivity index (χ3n) is 12.4. The lowest BCUT2D eigenvalue weighted by Crippen LogP contribution is -2.63. The summed E-state index contributed by atoms with van der Waals surface area (Å²) >= 11 is 0. The molecule has 2 aliphatic heterocycles. The summed E-state index contributed by atoms with van der Waals surface area (Å²) in [5.41, 5.74) is 8.97. The Bertz CT molecular complexity index is 2200. The topological polar surface area (TPSA) is 201 Å². The van der Waals surface area contributed by atoms with Crippen molar-refractivity contribution in [3.8, 4) is 0 Å². The van der Waals surface area contributed by atoms with Crippen LogP contribution in [-0.4, -0.2) is 142 Å². The largest absolute Gasteiger partial charge is 0.391 e. The fourth-order valence-corrected chi connectivity index (χ4v) is 8.72. The lowest BCUT2D eigenvalue weighted by atomic mass is 9.98. The predicted molar refractivity (Wildman–Crippen MR) is 235 cm³/mol. The third-order valence-corrected chi connectivity index (χ3v) is 12.4. The first-order chi connectivity index (χ1) is 29.8. The summed E-state index contributed by atoms with van der Waals surface area (Å²) < 4.78 is 0. The maximum atomic E-state index is 15.1. The summed E-state index contributed by atoms with van der Waals surface area (Å²) in [5.74, 6) is -3.49. The second kappa shape index (κ2) is 20.7. The van der Waals surface area contributed by atoms with E-state index in [1.165, 1.54) is 47.7 Å². The van der Waals surface area contributed by atoms with Gasteiger partial charge in [-0.15, -0.1) is 0 Å². The number of aromatic amines is 1. The highest BCUT2D eigenvalue weighted by atomic mass is 16.3. The van der Waals surface area contributed by atoms with E-state index in [1.54, 1.807) is 6.20 Å². The van der Waals surface area contributed by atoms with E-state index in [2.05, 4.69) is 15.6 Å². The number of para-hydroxylation sites is 1. The number of benzene rings is 3. The Kier molecular flexibility index (Phi) is 15.2. The number of H-pyrrole nitrogens is 1. The molecule has 2 fully saturated rings. The Morgan fingerprint density at radius 3 is 1.94 bits per heavy atom. The number of likely N-dealkylation sites (N-methyl/N-ethyl adjacent to an activating group) is 3. The van der Waals surface area contributed by atoms with Gasteiger partial charge in [0.25, 0.3) is 0 Å². The van der Waals surface area contributed by atoms with Gasteiger partial charge in [-0.3, -0.25) is 28.8 Å². The van der Waals surface area contributed by atoms with Crippen molar-refractivity contribution < 1.29 is 33.9 Å². The standard InChI is InChI=1S/C47H60N8O7/c1-30(56)41-47(62)54(4)39(27-32-18-9-6-10-19-32)46(61)55-25-15-23-38(55)43(58)50-36(26-31-16-7-5-8-17-31)44(59)53(3)40(28-33-29-49-35-21-12-11-20-34(33)35)45(60)52(2)37(42(57)51-41)22-13-14-24-48/h5-12,16-21,29-30,36-41,49,56H,13-15,22-28,48H2,1-4H3,(H,50,58)(H,51,57)/t30-,36+,37+,38+,39-,40-,41+/m1/s1. The molecule has 6 amide bonds. The number of fused-ring (bicyclic) bond motifs is 2. The van der Waals surface area contributed by atoms with Crippen molar-refractivity contribution in [1.29, 1.82) is 0 Å². The van der Waals surface area contributed by atoms with Crippen molar-refractivity contribution >= 4 is 46.3 Å². The van der Waals surface area contributed by atoms with Crippen LogP contribution in [-0.2, 0) is 48.0 Å². The van der Waals surface area contributed by atoms with E-state index in [4.69, 9.17) is 5.73 Å². The van der Waals surface area contributed by atoms with Gasteiger partial charge in [0.05, 0.1) is 6.10 Å². The molecule has 330 valence electrons. The quantitative estimate of drug-likeness (QED) is 0.141. The van der Waals surface area contributed by atoms with Crippen molar-refractivity contribution in [3.05, 3.63) is 108 Å². The monoisotopic (exact) mass is 848 g/mol. The number of aromatic nitrogens is 1. The second-order valence-electron chi connectivity index (χ2n) is 16.6. The highest BCUT2D eigenvalue weighted by molar-refractivity contribution is 5.99. The number of nitrogens with zero attached hydrogens (tertiary/aromatic N) is 4. The summed E-state index contributed by atoms with van der Waals surface area (Å²) in [7, 11) is 4.47. The van der Waals surface area contributed by atoms with Gasteiger partial charge < -0.3 is 46.1 Å². The van der Waals surface area contributed by atoms with Crippen molar-refractivity contribution in [2.75, 3.05) is 34.2 Å². The first-order valence-electron chi connectivity index (χ1n) is 21.5. The lowest BCUT2D eigenvalue weighted by molar-refractivity contribution is -0.152. The van der Waals surface area contributed by atoms with Gasteiger partial charge in [0.2, 0.25) is 35.4 Å². The number of unbranched alkanes of at least 4 members (excludes halogenated alkanes) is 1. The van der Waals surface area contributed by atoms with Crippen molar-refractivity contribution in [3.63, 3.8) is 0 Å².